The van der Waals surface area contributed by atoms with Gasteiger partial charge in [-0.15, -0.1) is 0 Å². The molecule has 7 rings (SSSR count). The third kappa shape index (κ3) is 1.88. The van der Waals surface area contributed by atoms with Crippen molar-refractivity contribution in [3.05, 3.63) is 96.1 Å². The second-order valence-electron chi connectivity index (χ2n) is 8.37. The minimum atomic E-state index is 0.970. The van der Waals surface area contributed by atoms with Crippen molar-refractivity contribution in [1.29, 1.82) is 0 Å². The molecule has 5 aromatic carbocycles. The molecule has 0 amide bonds. The van der Waals surface area contributed by atoms with Crippen LogP contribution in [0.4, 0.5) is 0 Å². The molecule has 0 spiro atoms. The van der Waals surface area contributed by atoms with Crippen molar-refractivity contribution in [2.75, 3.05) is 0 Å². The van der Waals surface area contributed by atoms with E-state index in [2.05, 4.69) is 96.4 Å². The second-order valence-corrected chi connectivity index (χ2v) is 8.37. The Hall–Kier alpha value is -3.58. The maximum Gasteiger partial charge on any atom is 0.0577 e. The van der Waals surface area contributed by atoms with Crippen molar-refractivity contribution in [2.24, 2.45) is 0 Å². The van der Waals surface area contributed by atoms with Gasteiger partial charge in [0.05, 0.1) is 5.52 Å². The number of benzene rings is 5. The zero-order valence-corrected chi connectivity index (χ0v) is 16.9. The van der Waals surface area contributed by atoms with E-state index in [-0.39, 0.29) is 0 Å². The first kappa shape index (κ1) is 16.2. The fourth-order valence-electron chi connectivity index (χ4n) is 5.82. The molecule has 0 aliphatic heterocycles. The molecule has 0 saturated carbocycles. The summed E-state index contributed by atoms with van der Waals surface area (Å²) in [6, 6.07) is 31.4. The number of aromatic nitrogens is 1. The fourth-order valence-corrected chi connectivity index (χ4v) is 5.82. The van der Waals surface area contributed by atoms with Crippen molar-refractivity contribution in [3.8, 4) is 11.1 Å². The Balaban J connectivity index is 1.78. The lowest BCUT2D eigenvalue weighted by molar-refractivity contribution is 0.829. The molecule has 1 nitrogen and oxygen atoms in total. The van der Waals surface area contributed by atoms with Gasteiger partial charge in [0.25, 0.3) is 0 Å². The first-order valence-corrected chi connectivity index (χ1v) is 10.8. The Morgan fingerprint density at radius 1 is 0.667 bits per heavy atom. The van der Waals surface area contributed by atoms with Gasteiger partial charge in [-0.25, -0.2) is 0 Å². The summed E-state index contributed by atoms with van der Waals surface area (Å²) in [6.07, 6.45) is 1.01. The summed E-state index contributed by atoms with van der Waals surface area (Å²) in [5.41, 5.74) is 8.56. The number of hydrogen-bond donors (Lipinski definition) is 0. The Kier molecular flexibility index (Phi) is 3.10. The normalized spacial score (nSPS) is 12.8. The molecule has 0 fully saturated rings. The van der Waals surface area contributed by atoms with Crippen molar-refractivity contribution in [1.82, 2.24) is 4.57 Å². The number of para-hydroxylation sites is 1. The molecule has 0 atom stereocenters. The lowest BCUT2D eigenvalue weighted by atomic mass is 9.93. The average Bonchev–Trinajstić information content (AvgIpc) is 3.35. The molecule has 1 aliphatic rings. The van der Waals surface area contributed by atoms with E-state index in [0.717, 1.165) is 13.0 Å². The average molecular weight is 383 g/mol. The Morgan fingerprint density at radius 2 is 1.37 bits per heavy atom. The molecule has 1 heterocycles. The van der Waals surface area contributed by atoms with Crippen LogP contribution in [0.15, 0.2) is 84.9 Å². The van der Waals surface area contributed by atoms with Crippen LogP contribution in [0.1, 0.15) is 18.1 Å². The number of aryl methyl sites for hydroxylation is 1. The van der Waals surface area contributed by atoms with Gasteiger partial charge in [0, 0.05) is 28.2 Å². The summed E-state index contributed by atoms with van der Waals surface area (Å²) in [6.45, 7) is 3.23. The van der Waals surface area contributed by atoms with Crippen LogP contribution in [0.3, 0.4) is 0 Å². The van der Waals surface area contributed by atoms with Gasteiger partial charge in [0.1, 0.15) is 0 Å². The molecular formula is C29H21N. The van der Waals surface area contributed by atoms with Crippen LogP contribution in [-0.2, 0) is 13.0 Å². The van der Waals surface area contributed by atoms with Crippen molar-refractivity contribution in [2.45, 2.75) is 19.9 Å². The quantitative estimate of drug-likeness (QED) is 0.274. The topological polar surface area (TPSA) is 4.93 Å². The SMILES string of the molecule is CCn1c2ccccc2c2c3c(c4ccccc4c21)Cc1c-3ccc2ccccc12. The predicted octanol–water partition coefficient (Wildman–Crippen LogP) is 7.69. The van der Waals surface area contributed by atoms with Crippen LogP contribution in [0.2, 0.25) is 0 Å². The van der Waals surface area contributed by atoms with Crippen LogP contribution < -0.4 is 0 Å². The largest absolute Gasteiger partial charge is 0.340 e. The molecule has 0 unspecified atom stereocenters. The third-order valence-electron chi connectivity index (χ3n) is 7.01. The second kappa shape index (κ2) is 5.73. The molecule has 6 aromatic rings. The number of fused-ring (bicyclic) bond motifs is 12. The molecule has 1 heteroatoms. The first-order chi connectivity index (χ1) is 14.9. The molecule has 0 radical (unpaired) electrons. The Bertz CT molecular complexity index is 1650. The Labute approximate surface area is 175 Å². The lowest BCUT2D eigenvalue weighted by Gasteiger charge is -2.12. The predicted molar refractivity (Wildman–Crippen MR) is 128 cm³/mol. The molecule has 30 heavy (non-hydrogen) atoms. The van der Waals surface area contributed by atoms with Crippen LogP contribution in [0, 0.1) is 0 Å². The summed E-state index contributed by atoms with van der Waals surface area (Å²) in [5.74, 6) is 0. The fraction of sp³-hybridized carbons (Fsp3) is 0.103. The zero-order chi connectivity index (χ0) is 19.8. The lowest BCUT2D eigenvalue weighted by Crippen LogP contribution is -1.95. The highest BCUT2D eigenvalue weighted by Crippen LogP contribution is 2.50. The van der Waals surface area contributed by atoms with Gasteiger partial charge in [0.15, 0.2) is 0 Å². The summed E-state index contributed by atoms with van der Waals surface area (Å²) < 4.78 is 2.51. The first-order valence-electron chi connectivity index (χ1n) is 10.8. The van der Waals surface area contributed by atoms with E-state index in [4.69, 9.17) is 0 Å². The van der Waals surface area contributed by atoms with E-state index >= 15 is 0 Å². The van der Waals surface area contributed by atoms with Crippen molar-refractivity contribution < 1.29 is 0 Å². The van der Waals surface area contributed by atoms with Gasteiger partial charge in [-0.05, 0) is 57.8 Å². The van der Waals surface area contributed by atoms with Crippen LogP contribution in [-0.4, -0.2) is 4.57 Å². The summed E-state index contributed by atoms with van der Waals surface area (Å²) in [7, 11) is 0. The third-order valence-corrected chi connectivity index (χ3v) is 7.01. The van der Waals surface area contributed by atoms with E-state index in [1.165, 1.54) is 65.6 Å². The number of rotatable bonds is 1. The summed E-state index contributed by atoms with van der Waals surface area (Å²) >= 11 is 0. The van der Waals surface area contributed by atoms with E-state index in [9.17, 15) is 0 Å². The minimum Gasteiger partial charge on any atom is -0.340 e. The van der Waals surface area contributed by atoms with Gasteiger partial charge in [-0.2, -0.15) is 0 Å². The number of hydrogen-bond acceptors (Lipinski definition) is 0. The molecule has 1 aliphatic carbocycles. The van der Waals surface area contributed by atoms with Gasteiger partial charge < -0.3 is 4.57 Å². The molecule has 0 saturated heterocycles. The van der Waals surface area contributed by atoms with E-state index in [1.54, 1.807) is 0 Å². The van der Waals surface area contributed by atoms with Crippen molar-refractivity contribution in [3.63, 3.8) is 0 Å². The smallest absolute Gasteiger partial charge is 0.0577 e. The molecule has 1 aromatic heterocycles. The summed E-state index contributed by atoms with van der Waals surface area (Å²) in [5, 5.41) is 8.30. The van der Waals surface area contributed by atoms with Gasteiger partial charge >= 0.3 is 0 Å². The molecule has 0 N–H and O–H groups in total. The Morgan fingerprint density at radius 3 is 2.20 bits per heavy atom. The van der Waals surface area contributed by atoms with E-state index in [1.807, 2.05) is 0 Å². The monoisotopic (exact) mass is 383 g/mol. The number of nitrogens with zero attached hydrogens (tertiary/aromatic N) is 1. The standard InChI is InChI=1S/C29H21N/c1-2-30-26-14-8-7-13-23(26)28-27-21-16-15-18-9-3-4-10-19(18)24(21)17-25(27)20-11-5-6-12-22(20)29(28)30/h3-16H,2,17H2,1H3. The minimum absolute atomic E-state index is 0.970. The highest BCUT2D eigenvalue weighted by atomic mass is 15.0. The van der Waals surface area contributed by atoms with Crippen LogP contribution in [0.5, 0.6) is 0 Å². The van der Waals surface area contributed by atoms with Crippen molar-refractivity contribution >= 4 is 43.4 Å². The maximum absolute atomic E-state index is 2.51. The highest BCUT2D eigenvalue weighted by molar-refractivity contribution is 6.26. The van der Waals surface area contributed by atoms with Crippen LogP contribution in [0.25, 0.3) is 54.5 Å². The summed E-state index contributed by atoms with van der Waals surface area (Å²) in [4.78, 5) is 0. The highest BCUT2D eigenvalue weighted by Gasteiger charge is 2.28. The maximum atomic E-state index is 2.51. The van der Waals surface area contributed by atoms with Gasteiger partial charge in [-0.3, -0.25) is 0 Å². The van der Waals surface area contributed by atoms with Gasteiger partial charge in [0.2, 0.25) is 0 Å². The van der Waals surface area contributed by atoms with E-state index < -0.39 is 0 Å². The molecular weight excluding hydrogens is 362 g/mol. The molecule has 0 bridgehead atoms. The molecule has 142 valence electrons. The van der Waals surface area contributed by atoms with Crippen LogP contribution >= 0.6 is 0 Å². The van der Waals surface area contributed by atoms with E-state index in [0.29, 0.717) is 0 Å². The zero-order valence-electron chi connectivity index (χ0n) is 16.9. The van der Waals surface area contributed by atoms with Gasteiger partial charge in [-0.1, -0.05) is 78.9 Å².